The molecule has 0 aliphatic carbocycles. The molecule has 0 N–H and O–H groups in total. The number of fused-ring (bicyclic) bond motifs is 1. The van der Waals surface area contributed by atoms with Crippen molar-refractivity contribution >= 4 is 23.1 Å². The second-order valence-corrected chi connectivity index (χ2v) is 5.20. The number of nitrogens with zero attached hydrogens (tertiary/aromatic N) is 1. The van der Waals surface area contributed by atoms with Gasteiger partial charge in [0.2, 0.25) is 0 Å². The van der Waals surface area contributed by atoms with Crippen LogP contribution >= 0.6 is 11.8 Å². The third-order valence-electron chi connectivity index (χ3n) is 3.18. The minimum absolute atomic E-state index is 0.756. The first-order chi connectivity index (χ1) is 9.33. The van der Waals surface area contributed by atoms with Crippen molar-refractivity contribution in [1.29, 1.82) is 0 Å². The average molecular weight is 273 g/mol. The zero-order valence-electron chi connectivity index (χ0n) is 10.9. The van der Waals surface area contributed by atoms with Gasteiger partial charge in [0.1, 0.15) is 0 Å². The van der Waals surface area contributed by atoms with Crippen molar-refractivity contribution in [3.8, 4) is 11.5 Å². The number of ether oxygens (including phenoxy) is 2. The van der Waals surface area contributed by atoms with Gasteiger partial charge in [-0.25, -0.2) is 0 Å². The number of para-hydroxylation sites is 1. The molecule has 3 nitrogen and oxygen atoms in total. The Labute approximate surface area is 117 Å². The van der Waals surface area contributed by atoms with Crippen LogP contribution in [0.3, 0.4) is 0 Å². The van der Waals surface area contributed by atoms with Crippen LogP contribution in [0.15, 0.2) is 47.4 Å². The van der Waals surface area contributed by atoms with E-state index in [2.05, 4.69) is 35.2 Å². The summed E-state index contributed by atoms with van der Waals surface area (Å²) in [4.78, 5) is 3.60. The fourth-order valence-electron chi connectivity index (χ4n) is 2.21. The summed E-state index contributed by atoms with van der Waals surface area (Å²) in [5.74, 6) is 2.44. The van der Waals surface area contributed by atoms with Gasteiger partial charge < -0.3 is 14.4 Å². The molecule has 0 unspecified atom stereocenters. The van der Waals surface area contributed by atoms with Crippen LogP contribution in [0.5, 0.6) is 11.5 Å². The van der Waals surface area contributed by atoms with Gasteiger partial charge in [-0.15, -0.1) is 11.8 Å². The summed E-state index contributed by atoms with van der Waals surface area (Å²) in [5.41, 5.74) is 2.37. The largest absolute Gasteiger partial charge is 0.493 e. The molecule has 1 aliphatic rings. The summed E-state index contributed by atoms with van der Waals surface area (Å²) in [6.07, 6.45) is 0. The van der Waals surface area contributed by atoms with Crippen molar-refractivity contribution in [2.24, 2.45) is 0 Å². The van der Waals surface area contributed by atoms with E-state index in [9.17, 15) is 0 Å². The molecule has 0 saturated carbocycles. The molecule has 1 aliphatic heterocycles. The van der Waals surface area contributed by atoms with Crippen LogP contribution in [-0.4, -0.2) is 20.1 Å². The molecular formula is C15H15NO2S. The number of methoxy groups -OCH3 is 2. The second-order valence-electron chi connectivity index (χ2n) is 4.21. The highest BCUT2D eigenvalue weighted by atomic mass is 32.2. The van der Waals surface area contributed by atoms with E-state index in [-0.39, 0.29) is 0 Å². The predicted molar refractivity (Wildman–Crippen MR) is 78.9 cm³/mol. The Morgan fingerprint density at radius 2 is 1.79 bits per heavy atom. The van der Waals surface area contributed by atoms with Crippen LogP contribution in [0.2, 0.25) is 0 Å². The van der Waals surface area contributed by atoms with E-state index in [1.807, 2.05) is 23.9 Å². The molecule has 0 saturated heterocycles. The third-order valence-corrected chi connectivity index (χ3v) is 4.23. The molecule has 98 valence electrons. The van der Waals surface area contributed by atoms with Crippen molar-refractivity contribution in [2.75, 3.05) is 25.0 Å². The molecule has 1 heterocycles. The highest BCUT2D eigenvalue weighted by molar-refractivity contribution is 7.99. The quantitative estimate of drug-likeness (QED) is 0.845. The lowest BCUT2D eigenvalue weighted by molar-refractivity contribution is 0.355. The normalized spacial score (nSPS) is 13.3. The van der Waals surface area contributed by atoms with Crippen molar-refractivity contribution < 1.29 is 9.47 Å². The van der Waals surface area contributed by atoms with E-state index in [0.717, 1.165) is 23.1 Å². The fraction of sp³-hybridized carbons (Fsp3) is 0.200. The molecule has 0 fully saturated rings. The van der Waals surface area contributed by atoms with Gasteiger partial charge in [-0.1, -0.05) is 12.1 Å². The summed E-state index contributed by atoms with van der Waals surface area (Å²) in [7, 11) is 3.31. The van der Waals surface area contributed by atoms with Gasteiger partial charge in [-0.05, 0) is 24.3 Å². The number of hydrogen-bond acceptors (Lipinski definition) is 4. The maximum atomic E-state index is 5.37. The van der Waals surface area contributed by atoms with Crippen molar-refractivity contribution in [3.63, 3.8) is 0 Å². The Morgan fingerprint density at radius 3 is 2.58 bits per heavy atom. The van der Waals surface area contributed by atoms with E-state index in [1.165, 1.54) is 10.6 Å². The Kier molecular flexibility index (Phi) is 3.25. The third kappa shape index (κ3) is 2.12. The molecule has 0 amide bonds. The number of rotatable bonds is 3. The molecule has 0 aromatic heterocycles. The Bertz CT molecular complexity index is 600. The monoisotopic (exact) mass is 273 g/mol. The van der Waals surface area contributed by atoms with Gasteiger partial charge in [-0.3, -0.25) is 0 Å². The van der Waals surface area contributed by atoms with Gasteiger partial charge in [0.15, 0.2) is 11.5 Å². The lowest BCUT2D eigenvalue weighted by atomic mass is 10.2. The maximum absolute atomic E-state index is 5.37. The van der Waals surface area contributed by atoms with Crippen molar-refractivity contribution in [3.05, 3.63) is 42.5 Å². The first kappa shape index (κ1) is 12.2. The molecule has 0 atom stereocenters. The zero-order chi connectivity index (χ0) is 13.2. The van der Waals surface area contributed by atoms with E-state index < -0.39 is 0 Å². The lowest BCUT2D eigenvalue weighted by Crippen LogP contribution is -2.11. The smallest absolute Gasteiger partial charge is 0.162 e. The van der Waals surface area contributed by atoms with E-state index >= 15 is 0 Å². The first-order valence-electron chi connectivity index (χ1n) is 6.05. The van der Waals surface area contributed by atoms with Crippen LogP contribution < -0.4 is 14.4 Å². The minimum atomic E-state index is 0.756. The highest BCUT2D eigenvalue weighted by Crippen LogP contribution is 2.44. The molecule has 3 rings (SSSR count). The van der Waals surface area contributed by atoms with Gasteiger partial charge in [0.05, 0.1) is 25.8 Å². The van der Waals surface area contributed by atoms with Gasteiger partial charge in [-0.2, -0.15) is 0 Å². The van der Waals surface area contributed by atoms with Gasteiger partial charge >= 0.3 is 0 Å². The Morgan fingerprint density at radius 1 is 1.00 bits per heavy atom. The molecule has 19 heavy (non-hydrogen) atoms. The van der Waals surface area contributed by atoms with Crippen LogP contribution in [0.4, 0.5) is 11.4 Å². The predicted octanol–water partition coefficient (Wildman–Crippen LogP) is 3.91. The van der Waals surface area contributed by atoms with Crippen LogP contribution in [-0.2, 0) is 0 Å². The molecule has 2 aromatic rings. The van der Waals surface area contributed by atoms with Crippen molar-refractivity contribution in [2.45, 2.75) is 4.90 Å². The molecule has 0 bridgehead atoms. The topological polar surface area (TPSA) is 21.7 Å². The number of thioether (sulfide) groups is 1. The van der Waals surface area contributed by atoms with Gasteiger partial charge in [0.25, 0.3) is 0 Å². The highest BCUT2D eigenvalue weighted by Gasteiger charge is 2.21. The van der Waals surface area contributed by atoms with Crippen LogP contribution in [0.25, 0.3) is 0 Å². The fourth-order valence-corrected chi connectivity index (χ4v) is 3.27. The van der Waals surface area contributed by atoms with Crippen LogP contribution in [0, 0.1) is 0 Å². The Balaban J connectivity index is 2.00. The molecule has 0 radical (unpaired) electrons. The number of hydrogen-bond donors (Lipinski definition) is 0. The average Bonchev–Trinajstić information content (AvgIpc) is 2.90. The zero-order valence-corrected chi connectivity index (χ0v) is 11.7. The van der Waals surface area contributed by atoms with Gasteiger partial charge in [0, 0.05) is 16.6 Å². The summed E-state index contributed by atoms with van der Waals surface area (Å²) in [6.45, 7) is 0. The first-order valence-corrected chi connectivity index (χ1v) is 7.03. The van der Waals surface area contributed by atoms with E-state index in [4.69, 9.17) is 9.47 Å². The summed E-state index contributed by atoms with van der Waals surface area (Å²) in [6, 6.07) is 14.5. The molecule has 2 aromatic carbocycles. The van der Waals surface area contributed by atoms with Crippen LogP contribution in [0.1, 0.15) is 0 Å². The second kappa shape index (κ2) is 5.05. The minimum Gasteiger partial charge on any atom is -0.493 e. The molecular weight excluding hydrogens is 258 g/mol. The van der Waals surface area contributed by atoms with Crippen molar-refractivity contribution in [1.82, 2.24) is 0 Å². The lowest BCUT2D eigenvalue weighted by Gasteiger charge is -2.20. The SMILES string of the molecule is COc1ccc(N2CSc3ccccc32)cc1OC. The van der Waals surface area contributed by atoms with E-state index in [1.54, 1.807) is 14.2 Å². The summed E-state index contributed by atoms with van der Waals surface area (Å²) >= 11 is 1.85. The summed E-state index contributed by atoms with van der Waals surface area (Å²) < 4.78 is 10.6. The maximum Gasteiger partial charge on any atom is 0.162 e. The Hall–Kier alpha value is -1.81. The molecule has 4 heteroatoms. The van der Waals surface area contributed by atoms with E-state index in [0.29, 0.717) is 0 Å². The molecule has 0 spiro atoms. The summed E-state index contributed by atoms with van der Waals surface area (Å²) in [5, 5.41) is 0. The number of anilines is 2. The number of benzene rings is 2. The standard InChI is InChI=1S/C15H15NO2S/c1-17-13-8-7-11(9-14(13)18-2)16-10-19-15-6-4-3-5-12(15)16/h3-9H,10H2,1-2H3.